The summed E-state index contributed by atoms with van der Waals surface area (Å²) in [6, 6.07) is 10.5. The zero-order valence-corrected chi connectivity index (χ0v) is 42.8. The highest BCUT2D eigenvalue weighted by Crippen LogP contribution is 2.62. The van der Waals surface area contributed by atoms with Crippen LogP contribution in [0.4, 0.5) is 16.4 Å². The van der Waals surface area contributed by atoms with Gasteiger partial charge in [-0.05, 0) is 97.5 Å². The van der Waals surface area contributed by atoms with E-state index in [1.54, 1.807) is 38.7 Å². The predicted octanol–water partition coefficient (Wildman–Crippen LogP) is 7.43. The molecule has 0 bridgehead atoms. The fourth-order valence-corrected chi connectivity index (χ4v) is 10.6. The molecule has 20 nitrogen and oxygen atoms in total. The number of hydrazone groups is 1. The Morgan fingerprint density at radius 2 is 1.73 bits per heavy atom. The average molecular weight is 972 g/mol. The molecule has 0 radical (unpaired) electrons. The fourth-order valence-electron chi connectivity index (χ4n) is 7.84. The zero-order valence-electron chi connectivity index (χ0n) is 40.9. The lowest BCUT2D eigenvalue weighted by atomic mass is 9.91. The first-order chi connectivity index (χ1) is 31.6. The quantitative estimate of drug-likeness (QED) is 0.0321. The Bertz CT molecular complexity index is 2210. The Balaban J connectivity index is 1.35. The van der Waals surface area contributed by atoms with E-state index in [4.69, 9.17) is 47.4 Å². The minimum Gasteiger partial charge on any atom is -0.443 e. The first-order valence-corrected chi connectivity index (χ1v) is 28.3. The largest absolute Gasteiger partial charge is 0.443 e. The van der Waals surface area contributed by atoms with Crippen LogP contribution >= 0.6 is 7.60 Å². The van der Waals surface area contributed by atoms with Crippen molar-refractivity contribution in [3.63, 3.8) is 0 Å². The second kappa shape index (κ2) is 21.7. The first-order valence-electron chi connectivity index (χ1n) is 23.0. The molecule has 2 saturated heterocycles. The number of ether oxygens (including phenoxy) is 6. The highest BCUT2D eigenvalue weighted by atomic mass is 31.2. The van der Waals surface area contributed by atoms with E-state index in [2.05, 4.69) is 46.9 Å². The number of aliphatic hydroxyl groups is 1. The molecule has 6 rings (SSSR count). The van der Waals surface area contributed by atoms with Crippen molar-refractivity contribution in [3.05, 3.63) is 53.1 Å². The van der Waals surface area contributed by atoms with E-state index >= 15 is 0 Å². The van der Waals surface area contributed by atoms with Crippen LogP contribution < -0.4 is 9.91 Å². The number of fused-ring (bicyclic) bond motifs is 1. The second-order valence-electron chi connectivity index (χ2n) is 19.5. The third-order valence-corrected chi connectivity index (χ3v) is 15.6. The van der Waals surface area contributed by atoms with Gasteiger partial charge in [0, 0.05) is 33.0 Å². The molecule has 5 atom stereocenters. The molecule has 370 valence electrons. The van der Waals surface area contributed by atoms with Crippen LogP contribution in [0.2, 0.25) is 25.7 Å². The fraction of sp³-hybridized carbons (Fsp3) is 0.667. The molecular weight excluding hydrogens is 902 g/mol. The van der Waals surface area contributed by atoms with E-state index in [0.29, 0.717) is 29.6 Å². The number of tetrazole rings is 1. The third-order valence-electron chi connectivity index (χ3n) is 11.3. The van der Waals surface area contributed by atoms with Gasteiger partial charge in [0.2, 0.25) is 0 Å². The summed E-state index contributed by atoms with van der Waals surface area (Å²) >= 11 is 0. The Labute approximate surface area is 395 Å². The van der Waals surface area contributed by atoms with Crippen LogP contribution in [-0.2, 0) is 55.2 Å². The number of carbonyl (C=O) groups excluding carboxylic acids is 1. The van der Waals surface area contributed by atoms with Gasteiger partial charge in [-0.15, -0.1) is 15.0 Å². The molecule has 2 aromatic heterocycles. The molecule has 1 N–H and O–H groups in total. The molecule has 2 aliphatic heterocycles. The Kier molecular flexibility index (Phi) is 17.0. The van der Waals surface area contributed by atoms with Crippen molar-refractivity contribution in [2.75, 3.05) is 42.9 Å². The van der Waals surface area contributed by atoms with E-state index in [0.717, 1.165) is 30.9 Å². The summed E-state index contributed by atoms with van der Waals surface area (Å²) in [5, 5.41) is 28.0. The smallest absolute Gasteiger partial charge is 0.416 e. The first kappa shape index (κ1) is 52.4. The molecule has 1 aromatic carbocycles. The van der Waals surface area contributed by atoms with Gasteiger partial charge >= 0.3 is 13.7 Å². The van der Waals surface area contributed by atoms with Crippen LogP contribution in [0.25, 0.3) is 12.2 Å². The zero-order chi connectivity index (χ0) is 48.8. The molecule has 22 heteroatoms. The van der Waals surface area contributed by atoms with Crippen molar-refractivity contribution in [2.24, 2.45) is 5.10 Å². The van der Waals surface area contributed by atoms with E-state index < -0.39 is 69.6 Å². The summed E-state index contributed by atoms with van der Waals surface area (Å²) < 4.78 is 64.6. The number of amides is 1. The molecule has 1 amide bonds. The van der Waals surface area contributed by atoms with Crippen molar-refractivity contribution in [3.8, 4) is 0 Å². The predicted molar refractivity (Wildman–Crippen MR) is 255 cm³/mol. The summed E-state index contributed by atoms with van der Waals surface area (Å²) in [6.07, 6.45) is 1.77. The molecular formula is C45H70N9O11PSi. The molecule has 3 aromatic rings. The summed E-state index contributed by atoms with van der Waals surface area (Å²) in [7, 11) is -5.62. The maximum atomic E-state index is 14.8. The number of carbonyl (C=O) groups is 1. The van der Waals surface area contributed by atoms with Gasteiger partial charge in [-0.2, -0.15) is 5.10 Å². The van der Waals surface area contributed by atoms with E-state index in [1.807, 2.05) is 64.1 Å². The lowest BCUT2D eigenvalue weighted by Crippen LogP contribution is -2.48. The number of hydrogen-bond acceptors (Lipinski definition) is 18. The van der Waals surface area contributed by atoms with Gasteiger partial charge in [0.05, 0.1) is 32.8 Å². The van der Waals surface area contributed by atoms with Crippen LogP contribution in [0.1, 0.15) is 90.5 Å². The monoisotopic (exact) mass is 971 g/mol. The lowest BCUT2D eigenvalue weighted by Gasteiger charge is -2.39. The van der Waals surface area contributed by atoms with Crippen LogP contribution in [-0.4, -0.2) is 137 Å². The van der Waals surface area contributed by atoms with Crippen LogP contribution in [0.15, 0.2) is 35.4 Å². The molecule has 0 unspecified atom stereocenters. The Morgan fingerprint density at radius 3 is 2.33 bits per heavy atom. The lowest BCUT2D eigenvalue weighted by molar-refractivity contribution is -0.196. The van der Waals surface area contributed by atoms with Gasteiger partial charge in [0.1, 0.15) is 29.7 Å². The minimum absolute atomic E-state index is 0.0137. The van der Waals surface area contributed by atoms with Crippen LogP contribution in [0, 0.1) is 6.92 Å². The van der Waals surface area contributed by atoms with Gasteiger partial charge in [0.15, 0.2) is 41.6 Å². The number of hydrogen-bond donors (Lipinski definition) is 1. The van der Waals surface area contributed by atoms with Gasteiger partial charge in [0.25, 0.3) is 0 Å². The third kappa shape index (κ3) is 12.8. The number of benzene rings is 1. The van der Waals surface area contributed by atoms with Crippen molar-refractivity contribution in [1.29, 1.82) is 0 Å². The molecule has 3 fully saturated rings. The summed E-state index contributed by atoms with van der Waals surface area (Å²) in [4.78, 5) is 26.9. The van der Waals surface area contributed by atoms with Crippen molar-refractivity contribution >= 4 is 52.3 Å². The highest BCUT2D eigenvalue weighted by Gasteiger charge is 2.60. The Hall–Kier alpha value is -4.02. The minimum atomic E-state index is -4.29. The van der Waals surface area contributed by atoms with E-state index in [-0.39, 0.29) is 44.8 Å². The SMILES string of the molecule is C=NN(c1nc(/C=C/c2ccccc2)nc(N(C(=O)OC(C)(C)C)C2CCC2)c1C)[C@@H]1O[C@H](CO[C@](CO)(Cc2nnn(COCC[Si](C)(C)C)n2)P(=O)(OCC)OCC)[C@H]2OC(C)(C)O[C@H]21. The standard InChI is InChI=1S/C45H70N9O11PSi/c1-13-60-66(57,61-14-2)45(29-55,27-36-49-51-52(50-36)30-58-25-26-67(10,11)12)59-28-34-37-38(64-44(7,8)63-37)41(62-34)54(46-9)40-31(3)39(47-35(48-40)24-23-32-19-16-15-17-20-32)53(33-21-18-22-33)42(56)65-43(4,5)6/h15-17,19-20,23-24,33-34,37-38,41,55H,9,13-14,18,21-22,25-30H2,1-8,10-12H3/b24-23+/t34-,37-,38-,41-,45-/m1/s1. The molecule has 1 saturated carbocycles. The number of nitrogens with zero attached hydrogens (tertiary/aromatic N) is 9. The van der Waals surface area contributed by atoms with Crippen LogP contribution in [0.3, 0.4) is 0 Å². The molecule has 3 aliphatic rings. The summed E-state index contributed by atoms with van der Waals surface area (Å²) in [5.74, 6) is -0.0423. The van der Waals surface area contributed by atoms with E-state index in [9.17, 15) is 14.5 Å². The van der Waals surface area contributed by atoms with Crippen molar-refractivity contribution in [1.82, 2.24) is 30.2 Å². The van der Waals surface area contributed by atoms with Crippen molar-refractivity contribution < 1.29 is 51.9 Å². The number of rotatable bonds is 23. The summed E-state index contributed by atoms with van der Waals surface area (Å²) in [6.45, 7) is 24.4. The highest BCUT2D eigenvalue weighted by molar-refractivity contribution is 7.55. The van der Waals surface area contributed by atoms with Gasteiger partial charge in [-0.25, -0.2) is 19.8 Å². The van der Waals surface area contributed by atoms with Gasteiger partial charge in [-0.3, -0.25) is 9.46 Å². The summed E-state index contributed by atoms with van der Waals surface area (Å²) in [5.41, 5.74) is 0.656. The number of aromatic nitrogens is 6. The topological polar surface area (TPSA) is 216 Å². The Morgan fingerprint density at radius 1 is 1.06 bits per heavy atom. The average Bonchev–Trinajstić information content (AvgIpc) is 3.92. The molecule has 67 heavy (non-hydrogen) atoms. The number of aliphatic hydroxyl groups excluding tert-OH is 1. The van der Waals surface area contributed by atoms with Crippen molar-refractivity contribution in [2.45, 2.75) is 161 Å². The molecule has 0 spiro atoms. The van der Waals surface area contributed by atoms with Crippen LogP contribution in [0.5, 0.6) is 0 Å². The van der Waals surface area contributed by atoms with Gasteiger partial charge < -0.3 is 42.6 Å². The molecule has 1 aliphatic carbocycles. The molecule has 4 heterocycles. The normalized spacial score (nSPS) is 21.8. The van der Waals surface area contributed by atoms with Gasteiger partial charge in [-0.1, -0.05) is 56.0 Å². The number of anilines is 2. The van der Waals surface area contributed by atoms with E-state index in [1.165, 1.54) is 9.81 Å². The maximum Gasteiger partial charge on any atom is 0.416 e. The second-order valence-corrected chi connectivity index (χ2v) is 27.4. The maximum absolute atomic E-state index is 14.8.